The maximum absolute atomic E-state index is 14.0. The molecule has 0 aliphatic carbocycles. The van der Waals surface area contributed by atoms with Gasteiger partial charge in [-0.3, -0.25) is 0 Å². The van der Waals surface area contributed by atoms with Crippen LogP contribution in [-0.4, -0.2) is 15.0 Å². The Morgan fingerprint density at radius 3 is 2.47 bits per heavy atom. The second kappa shape index (κ2) is 4.59. The second-order valence-electron chi connectivity index (χ2n) is 4.03. The Morgan fingerprint density at radius 2 is 1.79 bits per heavy atom. The van der Waals surface area contributed by atoms with Gasteiger partial charge in [-0.1, -0.05) is 17.3 Å². The third kappa shape index (κ3) is 1.96. The Morgan fingerprint density at radius 1 is 1.11 bits per heavy atom. The Kier molecular flexibility index (Phi) is 2.91. The minimum absolute atomic E-state index is 0.0478. The normalized spacial score (nSPS) is 11.1. The molecule has 1 heterocycles. The summed E-state index contributed by atoms with van der Waals surface area (Å²) in [7, 11) is 0. The lowest BCUT2D eigenvalue weighted by molar-refractivity contribution is 0.557. The van der Waals surface area contributed by atoms with Gasteiger partial charge in [-0.25, -0.2) is 13.5 Å². The van der Waals surface area contributed by atoms with Gasteiger partial charge in [0, 0.05) is 5.88 Å². The molecule has 0 aliphatic heterocycles. The smallest absolute Gasteiger partial charge is 0.152 e. The highest BCUT2D eigenvalue weighted by Crippen LogP contribution is 2.23. The highest BCUT2D eigenvalue weighted by atomic mass is 35.5. The fourth-order valence-electron chi connectivity index (χ4n) is 1.93. The van der Waals surface area contributed by atoms with E-state index in [4.69, 9.17) is 11.6 Å². The van der Waals surface area contributed by atoms with Crippen LogP contribution >= 0.6 is 11.6 Å². The van der Waals surface area contributed by atoms with Crippen molar-refractivity contribution in [3.63, 3.8) is 0 Å². The Hall–Kier alpha value is -2.01. The van der Waals surface area contributed by atoms with E-state index in [-0.39, 0.29) is 11.6 Å². The summed E-state index contributed by atoms with van der Waals surface area (Å²) in [6.07, 6.45) is 0. The molecule has 0 aliphatic rings. The highest BCUT2D eigenvalue weighted by molar-refractivity contribution is 6.17. The number of aromatic nitrogens is 3. The van der Waals surface area contributed by atoms with Crippen LogP contribution in [0.1, 0.15) is 5.56 Å². The maximum atomic E-state index is 14.0. The van der Waals surface area contributed by atoms with Crippen LogP contribution in [0.4, 0.5) is 8.78 Å². The average molecular weight is 280 g/mol. The molecule has 0 saturated heterocycles. The number of hydrogen-bond donors (Lipinski definition) is 0. The summed E-state index contributed by atoms with van der Waals surface area (Å²) in [6.45, 7) is 0. The SMILES string of the molecule is Fc1cc(CCl)cc(F)c1-n1nnc2ccccc21. The van der Waals surface area contributed by atoms with Gasteiger partial charge in [0.15, 0.2) is 11.6 Å². The number of hydrogen-bond acceptors (Lipinski definition) is 2. The lowest BCUT2D eigenvalue weighted by Crippen LogP contribution is -2.04. The van der Waals surface area contributed by atoms with E-state index in [1.54, 1.807) is 24.3 Å². The number of rotatable bonds is 2. The van der Waals surface area contributed by atoms with E-state index in [1.165, 1.54) is 12.1 Å². The number of para-hydroxylation sites is 1. The second-order valence-corrected chi connectivity index (χ2v) is 4.30. The van der Waals surface area contributed by atoms with Crippen LogP contribution in [-0.2, 0) is 5.88 Å². The molecule has 0 spiro atoms. The molecule has 1 aromatic heterocycles. The minimum atomic E-state index is -0.716. The van der Waals surface area contributed by atoms with E-state index >= 15 is 0 Å². The van der Waals surface area contributed by atoms with Crippen LogP contribution in [0.15, 0.2) is 36.4 Å². The van der Waals surface area contributed by atoms with Crippen LogP contribution < -0.4 is 0 Å². The van der Waals surface area contributed by atoms with Crippen molar-refractivity contribution in [1.29, 1.82) is 0 Å². The summed E-state index contributed by atoms with van der Waals surface area (Å²) >= 11 is 5.58. The van der Waals surface area contributed by atoms with Crippen molar-refractivity contribution >= 4 is 22.6 Å². The third-order valence-electron chi connectivity index (χ3n) is 2.79. The van der Waals surface area contributed by atoms with E-state index < -0.39 is 11.6 Å². The van der Waals surface area contributed by atoms with E-state index in [0.717, 1.165) is 4.68 Å². The van der Waals surface area contributed by atoms with Crippen LogP contribution in [0.25, 0.3) is 16.7 Å². The summed E-state index contributed by atoms with van der Waals surface area (Å²) in [5.74, 6) is -1.38. The van der Waals surface area contributed by atoms with Crippen LogP contribution in [0.3, 0.4) is 0 Å². The molecule has 3 aromatic rings. The van der Waals surface area contributed by atoms with E-state index in [2.05, 4.69) is 10.3 Å². The molecule has 0 atom stereocenters. The van der Waals surface area contributed by atoms with Gasteiger partial charge < -0.3 is 0 Å². The van der Waals surface area contributed by atoms with Gasteiger partial charge in [0.1, 0.15) is 11.2 Å². The molecule has 19 heavy (non-hydrogen) atoms. The van der Waals surface area contributed by atoms with E-state index in [9.17, 15) is 8.78 Å². The third-order valence-corrected chi connectivity index (χ3v) is 3.10. The topological polar surface area (TPSA) is 30.7 Å². The average Bonchev–Trinajstić information content (AvgIpc) is 2.82. The largest absolute Gasteiger partial charge is 0.207 e. The fourth-order valence-corrected chi connectivity index (χ4v) is 2.09. The van der Waals surface area contributed by atoms with Gasteiger partial charge >= 0.3 is 0 Å². The van der Waals surface area contributed by atoms with Gasteiger partial charge in [0.2, 0.25) is 0 Å². The van der Waals surface area contributed by atoms with Gasteiger partial charge in [-0.15, -0.1) is 16.7 Å². The fraction of sp³-hybridized carbons (Fsp3) is 0.0769. The first kappa shape index (κ1) is 12.0. The number of nitrogens with zero attached hydrogens (tertiary/aromatic N) is 3. The molecular formula is C13H8ClF2N3. The van der Waals surface area contributed by atoms with Gasteiger partial charge in [0.25, 0.3) is 0 Å². The molecule has 3 nitrogen and oxygen atoms in total. The maximum Gasteiger partial charge on any atom is 0.152 e. The lowest BCUT2D eigenvalue weighted by Gasteiger charge is -2.07. The van der Waals surface area contributed by atoms with Crippen molar-refractivity contribution in [1.82, 2.24) is 15.0 Å². The van der Waals surface area contributed by atoms with Crippen molar-refractivity contribution in [3.8, 4) is 5.69 Å². The zero-order valence-electron chi connectivity index (χ0n) is 9.65. The predicted molar refractivity (Wildman–Crippen MR) is 68.3 cm³/mol. The van der Waals surface area contributed by atoms with Crippen molar-refractivity contribution in [2.45, 2.75) is 5.88 Å². The summed E-state index contributed by atoms with van der Waals surface area (Å²) < 4.78 is 29.2. The number of fused-ring (bicyclic) bond motifs is 1. The van der Waals surface area contributed by atoms with Gasteiger partial charge in [-0.2, -0.15) is 0 Å². The summed E-state index contributed by atoms with van der Waals surface area (Å²) in [4.78, 5) is 0. The quantitative estimate of drug-likeness (QED) is 0.673. The number of halogens is 3. The van der Waals surface area contributed by atoms with Crippen LogP contribution in [0, 0.1) is 11.6 Å². The van der Waals surface area contributed by atoms with Crippen molar-refractivity contribution in [2.75, 3.05) is 0 Å². The molecule has 0 fully saturated rings. The van der Waals surface area contributed by atoms with Gasteiger partial charge in [0.05, 0.1) is 5.52 Å². The Balaban J connectivity index is 2.27. The zero-order valence-corrected chi connectivity index (χ0v) is 10.4. The monoisotopic (exact) mass is 279 g/mol. The summed E-state index contributed by atoms with van der Waals surface area (Å²) in [6, 6.07) is 9.35. The molecule has 0 bridgehead atoms. The highest BCUT2D eigenvalue weighted by Gasteiger charge is 2.16. The molecule has 3 rings (SSSR count). The zero-order chi connectivity index (χ0) is 13.4. The Labute approximate surface area is 112 Å². The first-order valence-corrected chi connectivity index (χ1v) is 6.09. The molecule has 0 saturated carbocycles. The number of alkyl halides is 1. The molecule has 6 heteroatoms. The molecule has 0 amide bonds. The molecule has 96 valence electrons. The molecular weight excluding hydrogens is 272 g/mol. The molecule has 0 unspecified atom stereocenters. The Bertz CT molecular complexity index is 731. The van der Waals surface area contributed by atoms with Crippen molar-refractivity contribution in [2.24, 2.45) is 0 Å². The van der Waals surface area contributed by atoms with Crippen LogP contribution in [0.2, 0.25) is 0 Å². The summed E-state index contributed by atoms with van der Waals surface area (Å²) in [5.41, 5.74) is 1.24. The molecule has 0 radical (unpaired) electrons. The predicted octanol–water partition coefficient (Wildman–Crippen LogP) is 3.44. The van der Waals surface area contributed by atoms with E-state index in [0.29, 0.717) is 16.6 Å². The molecule has 2 aromatic carbocycles. The standard InChI is InChI=1S/C13H8ClF2N3/c14-7-8-5-9(15)13(10(16)6-8)19-12-4-2-1-3-11(12)17-18-19/h1-6H,7H2. The molecule has 0 N–H and O–H groups in total. The first-order valence-electron chi connectivity index (χ1n) is 5.55. The number of benzene rings is 2. The minimum Gasteiger partial charge on any atom is -0.207 e. The van der Waals surface area contributed by atoms with E-state index in [1.807, 2.05) is 0 Å². The van der Waals surface area contributed by atoms with Crippen LogP contribution in [0.5, 0.6) is 0 Å². The summed E-state index contributed by atoms with van der Waals surface area (Å²) in [5, 5.41) is 7.67. The first-order chi connectivity index (χ1) is 9.20. The van der Waals surface area contributed by atoms with Crippen molar-refractivity contribution in [3.05, 3.63) is 53.6 Å². The van der Waals surface area contributed by atoms with Gasteiger partial charge in [-0.05, 0) is 29.8 Å². The van der Waals surface area contributed by atoms with Crippen molar-refractivity contribution < 1.29 is 8.78 Å². The lowest BCUT2D eigenvalue weighted by atomic mass is 10.2.